The molecule has 2 heterocycles. The van der Waals surface area contributed by atoms with Gasteiger partial charge < -0.3 is 10.3 Å². The summed E-state index contributed by atoms with van der Waals surface area (Å²) in [6.45, 7) is 0. The molecule has 1 saturated carbocycles. The van der Waals surface area contributed by atoms with Gasteiger partial charge in [0.25, 0.3) is 5.56 Å². The van der Waals surface area contributed by atoms with E-state index >= 15 is 0 Å². The van der Waals surface area contributed by atoms with E-state index in [-0.39, 0.29) is 5.56 Å². The first-order valence-electron chi connectivity index (χ1n) is 8.77. The molecule has 0 atom stereocenters. The lowest BCUT2D eigenvalue weighted by molar-refractivity contribution is 0.338. The van der Waals surface area contributed by atoms with Gasteiger partial charge in [-0.3, -0.25) is 9.48 Å². The van der Waals surface area contributed by atoms with Crippen LogP contribution in [-0.2, 0) is 0 Å². The smallest absolute Gasteiger partial charge is 0.261 e. The third-order valence-corrected chi connectivity index (χ3v) is 5.65. The van der Waals surface area contributed by atoms with Crippen molar-refractivity contribution in [1.29, 1.82) is 0 Å². The van der Waals surface area contributed by atoms with Gasteiger partial charge in [-0.05, 0) is 49.4 Å². The molecular weight excluding hydrogens is 332 g/mol. The average Bonchev–Trinajstić information content (AvgIpc) is 3.03. The van der Waals surface area contributed by atoms with Gasteiger partial charge >= 0.3 is 0 Å². The summed E-state index contributed by atoms with van der Waals surface area (Å²) in [5.74, 6) is 0.638. The zero-order valence-corrected chi connectivity index (χ0v) is 15.1. The maximum absolute atomic E-state index is 12.4. The van der Waals surface area contributed by atoms with Crippen LogP contribution in [0.15, 0.2) is 46.2 Å². The molecule has 0 bridgehead atoms. The monoisotopic (exact) mass is 354 g/mol. The highest BCUT2D eigenvalue weighted by Gasteiger charge is 2.21. The maximum atomic E-state index is 12.4. The number of H-pyrrole nitrogens is 1. The Balaban J connectivity index is 1.75. The zero-order chi connectivity index (χ0) is 17.2. The lowest BCUT2D eigenvalue weighted by Gasteiger charge is -2.22. The summed E-state index contributed by atoms with van der Waals surface area (Å²) in [4.78, 5) is 16.4. The summed E-state index contributed by atoms with van der Waals surface area (Å²) < 4.78 is 2.06. The quantitative estimate of drug-likeness (QED) is 0.667. The SMILES string of the molecule is CSc1ccc(Nc2nn(C3CCCCC3)c3cc[nH]c(=O)c23)cc1. The van der Waals surface area contributed by atoms with Crippen LogP contribution < -0.4 is 10.9 Å². The van der Waals surface area contributed by atoms with Crippen molar-refractivity contribution in [3.8, 4) is 0 Å². The molecule has 1 aliphatic rings. The fraction of sp³-hybridized carbons (Fsp3) is 0.368. The summed E-state index contributed by atoms with van der Waals surface area (Å²) in [5.41, 5.74) is 1.76. The number of nitrogens with one attached hydrogen (secondary N) is 2. The third kappa shape index (κ3) is 3.18. The number of nitrogens with zero attached hydrogens (tertiary/aromatic N) is 2. The number of benzene rings is 1. The van der Waals surface area contributed by atoms with Crippen LogP contribution in [0.2, 0.25) is 0 Å². The summed E-state index contributed by atoms with van der Waals surface area (Å²) in [7, 11) is 0. The number of rotatable bonds is 4. The molecule has 0 aliphatic heterocycles. The maximum Gasteiger partial charge on any atom is 0.261 e. The predicted octanol–water partition coefficient (Wildman–Crippen LogP) is 4.70. The van der Waals surface area contributed by atoms with Crippen LogP contribution in [0.5, 0.6) is 0 Å². The predicted molar refractivity (Wildman–Crippen MR) is 104 cm³/mol. The molecule has 0 radical (unpaired) electrons. The van der Waals surface area contributed by atoms with Gasteiger partial charge in [-0.15, -0.1) is 11.8 Å². The number of pyridine rings is 1. The summed E-state index contributed by atoms with van der Waals surface area (Å²) in [6.07, 6.45) is 9.78. The van der Waals surface area contributed by atoms with Crippen molar-refractivity contribution in [1.82, 2.24) is 14.8 Å². The van der Waals surface area contributed by atoms with Crippen LogP contribution in [0.25, 0.3) is 10.9 Å². The molecule has 0 saturated heterocycles. The Labute approximate surface area is 150 Å². The van der Waals surface area contributed by atoms with Gasteiger partial charge in [-0.2, -0.15) is 5.10 Å². The second-order valence-electron chi connectivity index (χ2n) is 6.51. The van der Waals surface area contributed by atoms with E-state index in [4.69, 9.17) is 5.10 Å². The number of thioether (sulfide) groups is 1. The molecule has 0 spiro atoms. The lowest BCUT2D eigenvalue weighted by Crippen LogP contribution is -2.14. The molecule has 6 heteroatoms. The Morgan fingerprint density at radius 3 is 2.64 bits per heavy atom. The molecule has 5 nitrogen and oxygen atoms in total. The number of hydrogen-bond acceptors (Lipinski definition) is 4. The van der Waals surface area contributed by atoms with Crippen molar-refractivity contribution in [2.45, 2.75) is 43.0 Å². The number of fused-ring (bicyclic) bond motifs is 1. The van der Waals surface area contributed by atoms with E-state index in [0.29, 0.717) is 17.2 Å². The van der Waals surface area contributed by atoms with Gasteiger partial charge in [-0.1, -0.05) is 19.3 Å². The van der Waals surface area contributed by atoms with Crippen LogP contribution in [0.1, 0.15) is 38.1 Å². The van der Waals surface area contributed by atoms with Gasteiger partial charge in [0, 0.05) is 16.8 Å². The van der Waals surface area contributed by atoms with Crippen LogP contribution in [0.3, 0.4) is 0 Å². The first-order valence-corrected chi connectivity index (χ1v) is 10.00. The highest BCUT2D eigenvalue weighted by atomic mass is 32.2. The van der Waals surface area contributed by atoms with Crippen molar-refractivity contribution >= 4 is 34.2 Å². The van der Waals surface area contributed by atoms with Crippen LogP contribution in [0.4, 0.5) is 11.5 Å². The fourth-order valence-corrected chi connectivity index (χ4v) is 4.01. The Bertz CT molecular complexity index is 923. The minimum atomic E-state index is -0.0946. The van der Waals surface area contributed by atoms with Crippen molar-refractivity contribution in [2.24, 2.45) is 0 Å². The number of hydrogen-bond donors (Lipinski definition) is 2. The minimum Gasteiger partial charge on any atom is -0.338 e. The van der Waals surface area contributed by atoms with Gasteiger partial charge in [-0.25, -0.2) is 0 Å². The topological polar surface area (TPSA) is 62.7 Å². The Kier molecular flexibility index (Phi) is 4.53. The summed E-state index contributed by atoms with van der Waals surface area (Å²) >= 11 is 1.71. The molecule has 2 aromatic heterocycles. The molecule has 2 N–H and O–H groups in total. The molecule has 1 aromatic carbocycles. The van der Waals surface area contributed by atoms with Gasteiger partial charge in [0.1, 0.15) is 5.39 Å². The van der Waals surface area contributed by atoms with Crippen LogP contribution in [-0.4, -0.2) is 21.0 Å². The lowest BCUT2D eigenvalue weighted by atomic mass is 9.95. The second-order valence-corrected chi connectivity index (χ2v) is 7.39. The van der Waals surface area contributed by atoms with E-state index in [2.05, 4.69) is 33.4 Å². The molecule has 1 fully saturated rings. The number of aromatic amines is 1. The molecule has 0 unspecified atom stereocenters. The van der Waals surface area contributed by atoms with Crippen molar-refractivity contribution in [3.05, 3.63) is 46.9 Å². The van der Waals surface area contributed by atoms with E-state index in [9.17, 15) is 4.79 Å². The minimum absolute atomic E-state index is 0.0946. The van der Waals surface area contributed by atoms with E-state index in [0.717, 1.165) is 24.0 Å². The standard InChI is InChI=1S/C19H22N4OS/c1-25-15-9-7-13(8-10-15)21-18-17-16(11-12-20-19(17)24)23(22-18)14-5-3-2-4-6-14/h7-12,14H,2-6H2,1H3,(H,20,24)(H,21,22). The van der Waals surface area contributed by atoms with E-state index < -0.39 is 0 Å². The van der Waals surface area contributed by atoms with Crippen molar-refractivity contribution in [2.75, 3.05) is 11.6 Å². The first kappa shape index (κ1) is 16.3. The summed E-state index contributed by atoms with van der Waals surface area (Å²) in [5, 5.41) is 8.77. The number of aromatic nitrogens is 3. The van der Waals surface area contributed by atoms with Gasteiger partial charge in [0.2, 0.25) is 0 Å². The van der Waals surface area contributed by atoms with Crippen LogP contribution >= 0.6 is 11.8 Å². The molecule has 4 rings (SSSR count). The van der Waals surface area contributed by atoms with E-state index in [1.54, 1.807) is 18.0 Å². The molecule has 130 valence electrons. The molecular formula is C19H22N4OS. The van der Waals surface area contributed by atoms with Crippen molar-refractivity contribution < 1.29 is 0 Å². The highest BCUT2D eigenvalue weighted by Crippen LogP contribution is 2.32. The average molecular weight is 354 g/mol. The molecule has 25 heavy (non-hydrogen) atoms. The van der Waals surface area contributed by atoms with Crippen molar-refractivity contribution in [3.63, 3.8) is 0 Å². The van der Waals surface area contributed by atoms with E-state index in [1.807, 2.05) is 18.2 Å². The second kappa shape index (κ2) is 6.96. The molecule has 0 amide bonds. The first-order chi connectivity index (χ1) is 12.3. The Morgan fingerprint density at radius 1 is 1.16 bits per heavy atom. The highest BCUT2D eigenvalue weighted by molar-refractivity contribution is 7.98. The van der Waals surface area contributed by atoms with Gasteiger partial charge in [0.05, 0.1) is 11.6 Å². The molecule has 3 aromatic rings. The van der Waals surface area contributed by atoms with Gasteiger partial charge in [0.15, 0.2) is 5.82 Å². The third-order valence-electron chi connectivity index (χ3n) is 4.90. The van der Waals surface area contributed by atoms with Crippen LogP contribution in [0, 0.1) is 0 Å². The molecule has 1 aliphatic carbocycles. The fourth-order valence-electron chi connectivity index (χ4n) is 3.60. The zero-order valence-electron chi connectivity index (χ0n) is 14.3. The Hall–Kier alpha value is -2.21. The normalized spacial score (nSPS) is 15.6. The Morgan fingerprint density at radius 2 is 1.92 bits per heavy atom. The summed E-state index contributed by atoms with van der Waals surface area (Å²) in [6, 6.07) is 10.5. The van der Waals surface area contributed by atoms with E-state index in [1.165, 1.54) is 24.2 Å². The number of anilines is 2. The largest absolute Gasteiger partial charge is 0.338 e.